The molecule has 0 spiro atoms. The van der Waals surface area contributed by atoms with E-state index in [4.69, 9.17) is 9.84 Å². The molecule has 0 aliphatic carbocycles. The minimum Gasteiger partial charge on any atom is -0.480 e. The Morgan fingerprint density at radius 3 is 2.42 bits per heavy atom. The number of carboxylic acids is 1. The number of hydrogen-bond donors (Lipinski definition) is 3. The minimum absolute atomic E-state index is 0.257. The first-order valence-electron chi connectivity index (χ1n) is 6.73. The zero-order valence-corrected chi connectivity index (χ0v) is 12.1. The van der Waals surface area contributed by atoms with Crippen molar-refractivity contribution in [3.63, 3.8) is 0 Å². The second-order valence-corrected chi connectivity index (χ2v) is 4.96. The summed E-state index contributed by atoms with van der Waals surface area (Å²) in [6.07, 6.45) is 3.35. The summed E-state index contributed by atoms with van der Waals surface area (Å²) in [5.41, 5.74) is 0. The summed E-state index contributed by atoms with van der Waals surface area (Å²) >= 11 is 0. The monoisotopic (exact) mass is 274 g/mol. The molecule has 19 heavy (non-hydrogen) atoms. The Kier molecular flexibility index (Phi) is 9.88. The fourth-order valence-corrected chi connectivity index (χ4v) is 1.58. The molecule has 6 nitrogen and oxygen atoms in total. The number of amides is 2. The van der Waals surface area contributed by atoms with Gasteiger partial charge >= 0.3 is 12.0 Å². The van der Waals surface area contributed by atoms with Crippen molar-refractivity contribution in [2.45, 2.75) is 45.6 Å². The smallest absolute Gasteiger partial charge is 0.326 e. The number of carbonyl (C=O) groups excluding carboxylic acids is 1. The van der Waals surface area contributed by atoms with Gasteiger partial charge in [-0.2, -0.15) is 0 Å². The highest BCUT2D eigenvalue weighted by Crippen LogP contribution is 2.05. The van der Waals surface area contributed by atoms with Crippen molar-refractivity contribution >= 4 is 12.0 Å². The van der Waals surface area contributed by atoms with Crippen LogP contribution in [0.4, 0.5) is 4.79 Å². The first-order chi connectivity index (χ1) is 8.97. The summed E-state index contributed by atoms with van der Waals surface area (Å²) in [5, 5.41) is 14.0. The highest BCUT2D eigenvalue weighted by molar-refractivity contribution is 5.82. The van der Waals surface area contributed by atoms with Crippen LogP contribution in [0.2, 0.25) is 0 Å². The maximum Gasteiger partial charge on any atom is 0.326 e. The number of methoxy groups -OCH3 is 1. The molecule has 0 rings (SSSR count). The molecule has 0 aromatic heterocycles. The van der Waals surface area contributed by atoms with Crippen LogP contribution in [-0.2, 0) is 9.53 Å². The van der Waals surface area contributed by atoms with Gasteiger partial charge in [0.25, 0.3) is 0 Å². The van der Waals surface area contributed by atoms with Crippen LogP contribution < -0.4 is 10.6 Å². The van der Waals surface area contributed by atoms with E-state index >= 15 is 0 Å². The molecule has 0 saturated carbocycles. The lowest BCUT2D eigenvalue weighted by Gasteiger charge is -2.14. The number of carboxylic acid groups (broad SMARTS) is 1. The van der Waals surface area contributed by atoms with Gasteiger partial charge in [-0.15, -0.1) is 0 Å². The van der Waals surface area contributed by atoms with Gasteiger partial charge in [-0.1, -0.05) is 26.7 Å². The van der Waals surface area contributed by atoms with Gasteiger partial charge in [0, 0.05) is 26.7 Å². The van der Waals surface area contributed by atoms with Crippen molar-refractivity contribution in [3.05, 3.63) is 0 Å². The molecular formula is C13H26N2O4. The van der Waals surface area contributed by atoms with Crippen molar-refractivity contribution in [2.24, 2.45) is 5.92 Å². The van der Waals surface area contributed by atoms with E-state index in [-0.39, 0.29) is 6.42 Å². The van der Waals surface area contributed by atoms with Gasteiger partial charge in [0.15, 0.2) is 0 Å². The molecule has 6 heteroatoms. The van der Waals surface area contributed by atoms with Gasteiger partial charge < -0.3 is 20.5 Å². The van der Waals surface area contributed by atoms with E-state index in [1.165, 1.54) is 7.11 Å². The number of aliphatic carboxylic acids is 1. The summed E-state index contributed by atoms with van der Waals surface area (Å²) in [5.74, 6) is -0.383. The number of nitrogens with one attached hydrogen (secondary N) is 2. The molecule has 0 aliphatic rings. The van der Waals surface area contributed by atoms with Crippen LogP contribution in [0, 0.1) is 5.92 Å². The number of unbranched alkanes of at least 4 members (excludes halogenated alkanes) is 1. The first kappa shape index (κ1) is 17.7. The van der Waals surface area contributed by atoms with Gasteiger partial charge in [-0.05, 0) is 12.3 Å². The molecule has 1 unspecified atom stereocenters. The average molecular weight is 274 g/mol. The van der Waals surface area contributed by atoms with E-state index in [2.05, 4.69) is 24.5 Å². The lowest BCUT2D eigenvalue weighted by Crippen LogP contribution is -2.46. The Bertz CT molecular complexity index is 269. The molecule has 0 aliphatic heterocycles. The van der Waals surface area contributed by atoms with E-state index in [0.29, 0.717) is 19.1 Å². The lowest BCUT2D eigenvalue weighted by molar-refractivity contribution is -0.139. The van der Waals surface area contributed by atoms with E-state index in [1.54, 1.807) is 0 Å². The fraction of sp³-hybridized carbons (Fsp3) is 0.846. The second kappa shape index (κ2) is 10.6. The van der Waals surface area contributed by atoms with Crippen molar-refractivity contribution in [1.82, 2.24) is 10.6 Å². The van der Waals surface area contributed by atoms with Gasteiger partial charge in [0.05, 0.1) is 0 Å². The fourth-order valence-electron chi connectivity index (χ4n) is 1.58. The SMILES string of the molecule is COCCC(NC(=O)NCCCCC(C)C)C(=O)O. The number of rotatable bonds is 10. The van der Waals surface area contributed by atoms with Crippen LogP contribution in [0.5, 0.6) is 0 Å². The maximum absolute atomic E-state index is 11.5. The van der Waals surface area contributed by atoms with Crippen LogP contribution in [0.15, 0.2) is 0 Å². The minimum atomic E-state index is -1.05. The molecule has 0 radical (unpaired) electrons. The van der Waals surface area contributed by atoms with Crippen molar-refractivity contribution < 1.29 is 19.4 Å². The van der Waals surface area contributed by atoms with Gasteiger partial charge in [-0.3, -0.25) is 0 Å². The third-order valence-electron chi connectivity index (χ3n) is 2.71. The Morgan fingerprint density at radius 1 is 1.21 bits per heavy atom. The van der Waals surface area contributed by atoms with E-state index in [0.717, 1.165) is 19.3 Å². The highest BCUT2D eigenvalue weighted by atomic mass is 16.5. The molecule has 112 valence electrons. The normalized spacial score (nSPS) is 12.2. The third kappa shape index (κ3) is 10.3. The standard InChI is InChI=1S/C13H26N2O4/c1-10(2)6-4-5-8-14-13(18)15-11(12(16)17)7-9-19-3/h10-11H,4-9H2,1-3H3,(H,16,17)(H2,14,15,18). The Morgan fingerprint density at radius 2 is 1.89 bits per heavy atom. The second-order valence-electron chi connectivity index (χ2n) is 4.96. The highest BCUT2D eigenvalue weighted by Gasteiger charge is 2.18. The van der Waals surface area contributed by atoms with Crippen molar-refractivity contribution in [2.75, 3.05) is 20.3 Å². The molecule has 0 aromatic carbocycles. The molecule has 2 amide bonds. The lowest BCUT2D eigenvalue weighted by atomic mass is 10.1. The quantitative estimate of drug-likeness (QED) is 0.528. The first-order valence-corrected chi connectivity index (χ1v) is 6.73. The Hall–Kier alpha value is -1.30. The zero-order valence-electron chi connectivity index (χ0n) is 12.1. The van der Waals surface area contributed by atoms with E-state index in [1.807, 2.05) is 0 Å². The third-order valence-corrected chi connectivity index (χ3v) is 2.71. The van der Waals surface area contributed by atoms with Gasteiger partial charge in [-0.25, -0.2) is 9.59 Å². The van der Waals surface area contributed by atoms with E-state index in [9.17, 15) is 9.59 Å². The molecular weight excluding hydrogens is 248 g/mol. The largest absolute Gasteiger partial charge is 0.480 e. The molecule has 3 N–H and O–H groups in total. The molecule has 0 aromatic rings. The number of urea groups is 1. The topological polar surface area (TPSA) is 87.7 Å². The van der Waals surface area contributed by atoms with Crippen LogP contribution >= 0.6 is 0 Å². The summed E-state index contributed by atoms with van der Waals surface area (Å²) in [6.45, 7) is 5.18. The van der Waals surface area contributed by atoms with Crippen LogP contribution in [0.3, 0.4) is 0 Å². The average Bonchev–Trinajstić information content (AvgIpc) is 2.33. The van der Waals surface area contributed by atoms with Crippen LogP contribution in [0.1, 0.15) is 39.5 Å². The number of hydrogen-bond acceptors (Lipinski definition) is 3. The predicted octanol–water partition coefficient (Wildman–Crippen LogP) is 1.60. The maximum atomic E-state index is 11.5. The predicted molar refractivity (Wildman–Crippen MR) is 73.1 cm³/mol. The number of carbonyl (C=O) groups is 2. The number of ether oxygens (including phenoxy) is 1. The van der Waals surface area contributed by atoms with E-state index < -0.39 is 18.0 Å². The summed E-state index contributed by atoms with van der Waals surface area (Å²) in [6, 6.07) is -1.34. The zero-order chi connectivity index (χ0) is 14.7. The molecule has 1 atom stereocenters. The van der Waals surface area contributed by atoms with Crippen molar-refractivity contribution in [1.29, 1.82) is 0 Å². The van der Waals surface area contributed by atoms with Crippen molar-refractivity contribution in [3.8, 4) is 0 Å². The van der Waals surface area contributed by atoms with Crippen LogP contribution in [0.25, 0.3) is 0 Å². The van der Waals surface area contributed by atoms with Crippen LogP contribution in [-0.4, -0.2) is 43.4 Å². The molecule has 0 fully saturated rings. The molecule has 0 bridgehead atoms. The molecule has 0 saturated heterocycles. The summed E-state index contributed by atoms with van der Waals surface area (Å²) in [4.78, 5) is 22.4. The summed E-state index contributed by atoms with van der Waals surface area (Å²) in [7, 11) is 1.49. The molecule has 0 heterocycles. The summed E-state index contributed by atoms with van der Waals surface area (Å²) < 4.78 is 4.80. The Balaban J connectivity index is 3.77. The Labute approximate surface area is 114 Å². The van der Waals surface area contributed by atoms with Gasteiger partial charge in [0.2, 0.25) is 0 Å². The van der Waals surface area contributed by atoms with Gasteiger partial charge in [0.1, 0.15) is 6.04 Å².